The van der Waals surface area contributed by atoms with E-state index in [-0.39, 0.29) is 28.9 Å². The fourth-order valence-electron chi connectivity index (χ4n) is 0.661. The Balaban J connectivity index is 5.72. The summed E-state index contributed by atoms with van der Waals surface area (Å²) in [6, 6.07) is 0. The molecule has 0 fully saturated rings. The average molecular weight is 436 g/mol. The van der Waals surface area contributed by atoms with Gasteiger partial charge in [-0.05, 0) is 0 Å². The van der Waals surface area contributed by atoms with Gasteiger partial charge in [0.2, 0.25) is 0 Å². The summed E-state index contributed by atoms with van der Waals surface area (Å²) in [6.07, 6.45) is -19.6. The van der Waals surface area contributed by atoms with Gasteiger partial charge < -0.3 is 4.74 Å². The Morgan fingerprint density at radius 1 is 0.800 bits per heavy atom. The molecule has 0 amide bonds. The van der Waals surface area contributed by atoms with Crippen molar-refractivity contribution in [2.75, 3.05) is 0 Å². The maximum atomic E-state index is 13.0. The highest BCUT2D eigenvalue weighted by atomic mass is 127. The number of ether oxygens (including phenoxy) is 2. The van der Waals surface area contributed by atoms with Gasteiger partial charge in [-0.2, -0.15) is 43.9 Å². The first-order valence-electron chi connectivity index (χ1n) is 4.09. The molecule has 0 bridgehead atoms. The summed E-state index contributed by atoms with van der Waals surface area (Å²) in [5.41, 5.74) is 0. The minimum absolute atomic E-state index is 0.158. The Hall–Kier alpha value is -0.470. The first-order valence-corrected chi connectivity index (χ1v) is 5.16. The zero-order valence-electron chi connectivity index (χ0n) is 8.76. The lowest BCUT2D eigenvalue weighted by Gasteiger charge is -2.37. The highest BCUT2D eigenvalue weighted by Crippen LogP contribution is 2.53. The molecule has 0 aromatic heterocycles. The van der Waals surface area contributed by atoms with Gasteiger partial charge in [0.15, 0.2) is 0 Å². The molecule has 0 saturated heterocycles. The zero-order chi connectivity index (χ0) is 16.6. The highest BCUT2D eigenvalue weighted by molar-refractivity contribution is 14.1. The first kappa shape index (κ1) is 19.5. The van der Waals surface area contributed by atoms with Crippen molar-refractivity contribution in [3.63, 3.8) is 0 Å². The topological polar surface area (TPSA) is 18.5 Å². The van der Waals surface area contributed by atoms with Gasteiger partial charge in [-0.3, -0.25) is 4.74 Å². The van der Waals surface area contributed by atoms with E-state index < -0.39 is 28.2 Å². The number of hydrogen-bond donors (Lipinski definition) is 0. The lowest BCUT2D eigenvalue weighted by molar-refractivity contribution is -0.463. The zero-order valence-corrected chi connectivity index (χ0v) is 10.9. The lowest BCUT2D eigenvalue weighted by atomic mass is 10.3. The predicted octanol–water partition coefficient (Wildman–Crippen LogP) is 4.60. The quantitative estimate of drug-likeness (QED) is 0.206. The summed E-state index contributed by atoms with van der Waals surface area (Å²) >= 11 is -0.158. The standard InChI is InChI=1S/C7H3F10IO2/c1-2-19-7(18,3(8,9)4(10,11)12)20-6(16,17)5(13,14)15/h2H,1H2. The van der Waals surface area contributed by atoms with Crippen LogP contribution in [-0.4, -0.2) is 28.2 Å². The molecule has 120 valence electrons. The third kappa shape index (κ3) is 3.59. The largest absolute Gasteiger partial charge is 0.483 e. The van der Waals surface area contributed by atoms with Crippen LogP contribution in [-0.2, 0) is 9.47 Å². The van der Waals surface area contributed by atoms with Crippen LogP contribution in [0.1, 0.15) is 0 Å². The van der Waals surface area contributed by atoms with Crippen molar-refractivity contribution in [2.45, 2.75) is 28.2 Å². The van der Waals surface area contributed by atoms with E-state index >= 15 is 0 Å². The molecule has 0 saturated carbocycles. The van der Waals surface area contributed by atoms with E-state index in [2.05, 4.69) is 16.1 Å². The van der Waals surface area contributed by atoms with Crippen LogP contribution in [0.15, 0.2) is 12.8 Å². The van der Waals surface area contributed by atoms with E-state index in [1.165, 1.54) is 0 Å². The normalized spacial score (nSPS) is 17.6. The van der Waals surface area contributed by atoms with E-state index in [0.29, 0.717) is 0 Å². The van der Waals surface area contributed by atoms with Crippen LogP contribution in [0, 0.1) is 0 Å². The van der Waals surface area contributed by atoms with E-state index in [4.69, 9.17) is 0 Å². The van der Waals surface area contributed by atoms with Gasteiger partial charge in [0.05, 0.1) is 6.26 Å². The Bertz CT molecular complexity index is 362. The Kier molecular flexibility index (Phi) is 5.25. The third-order valence-corrected chi connectivity index (χ3v) is 2.71. The van der Waals surface area contributed by atoms with E-state index in [9.17, 15) is 43.9 Å². The third-order valence-electron chi connectivity index (χ3n) is 1.56. The van der Waals surface area contributed by atoms with E-state index in [1.54, 1.807) is 0 Å². The lowest BCUT2D eigenvalue weighted by Crippen LogP contribution is -2.59. The molecule has 2 nitrogen and oxygen atoms in total. The molecule has 1 unspecified atom stereocenters. The minimum Gasteiger partial charge on any atom is -0.456 e. The molecule has 13 heteroatoms. The van der Waals surface area contributed by atoms with Crippen molar-refractivity contribution in [3.8, 4) is 0 Å². The molecule has 20 heavy (non-hydrogen) atoms. The average Bonchev–Trinajstić information content (AvgIpc) is 2.12. The minimum atomic E-state index is -6.53. The first-order chi connectivity index (χ1) is 8.52. The van der Waals surface area contributed by atoms with E-state index in [0.717, 1.165) is 0 Å². The van der Waals surface area contributed by atoms with Crippen molar-refractivity contribution >= 4 is 22.6 Å². The van der Waals surface area contributed by atoms with Crippen LogP contribution in [0.4, 0.5) is 43.9 Å². The second-order valence-electron chi connectivity index (χ2n) is 3.01. The predicted molar refractivity (Wildman–Crippen MR) is 51.1 cm³/mol. The molecule has 0 aromatic carbocycles. The molecule has 0 spiro atoms. The summed E-state index contributed by atoms with van der Waals surface area (Å²) in [6.45, 7) is 2.50. The maximum absolute atomic E-state index is 13.0. The number of alkyl halides is 11. The number of hydrogen-bond acceptors (Lipinski definition) is 2. The number of rotatable bonds is 5. The van der Waals surface area contributed by atoms with Gasteiger partial charge in [0, 0.05) is 22.6 Å². The van der Waals surface area contributed by atoms with Crippen molar-refractivity contribution in [1.82, 2.24) is 0 Å². The summed E-state index contributed by atoms with van der Waals surface area (Å²) in [5, 5.41) is 0. The van der Waals surface area contributed by atoms with Crippen LogP contribution in [0.25, 0.3) is 0 Å². The van der Waals surface area contributed by atoms with E-state index in [1.807, 2.05) is 0 Å². The fourth-order valence-corrected chi connectivity index (χ4v) is 1.42. The molecule has 0 rings (SSSR count). The Labute approximate surface area is 117 Å². The van der Waals surface area contributed by atoms with Gasteiger partial charge in [-0.15, -0.1) is 0 Å². The molecule has 0 radical (unpaired) electrons. The molecule has 0 aliphatic rings. The summed E-state index contributed by atoms with van der Waals surface area (Å²) < 4.78 is 124. The van der Waals surface area contributed by atoms with Gasteiger partial charge in [0.25, 0.3) is 0 Å². The second-order valence-corrected chi connectivity index (χ2v) is 4.43. The van der Waals surface area contributed by atoms with Crippen molar-refractivity contribution in [3.05, 3.63) is 12.8 Å². The van der Waals surface area contributed by atoms with Crippen LogP contribution in [0.2, 0.25) is 0 Å². The summed E-state index contributed by atoms with van der Waals surface area (Å²) in [5.74, 6) is -6.19. The molecule has 0 aliphatic carbocycles. The molecule has 0 aliphatic heterocycles. The van der Waals surface area contributed by atoms with Gasteiger partial charge in [-0.25, -0.2) is 0 Å². The van der Waals surface area contributed by atoms with Crippen molar-refractivity contribution in [1.29, 1.82) is 0 Å². The van der Waals surface area contributed by atoms with Crippen LogP contribution in [0.5, 0.6) is 0 Å². The molecular weight excluding hydrogens is 433 g/mol. The fraction of sp³-hybridized carbons (Fsp3) is 0.714. The monoisotopic (exact) mass is 436 g/mol. The van der Waals surface area contributed by atoms with Crippen LogP contribution < -0.4 is 0 Å². The molecule has 0 aromatic rings. The Morgan fingerprint density at radius 3 is 1.45 bits per heavy atom. The second kappa shape index (κ2) is 5.38. The highest BCUT2D eigenvalue weighted by Gasteiger charge is 2.77. The van der Waals surface area contributed by atoms with Gasteiger partial charge >= 0.3 is 28.2 Å². The van der Waals surface area contributed by atoms with Gasteiger partial charge in [-0.1, -0.05) is 6.58 Å². The number of halogens is 11. The summed E-state index contributed by atoms with van der Waals surface area (Å²) in [7, 11) is 0. The SMILES string of the molecule is C=COC(I)(OC(F)(F)C(F)(F)F)C(F)(F)C(F)(F)F. The van der Waals surface area contributed by atoms with Crippen molar-refractivity contribution < 1.29 is 53.4 Å². The smallest absolute Gasteiger partial charge is 0.456 e. The van der Waals surface area contributed by atoms with Crippen LogP contribution >= 0.6 is 22.6 Å². The van der Waals surface area contributed by atoms with Crippen LogP contribution in [0.3, 0.4) is 0 Å². The van der Waals surface area contributed by atoms with Gasteiger partial charge in [0.1, 0.15) is 0 Å². The molecular formula is C7H3F10IO2. The molecule has 1 atom stereocenters. The maximum Gasteiger partial charge on any atom is 0.483 e. The molecule has 0 N–H and O–H groups in total. The summed E-state index contributed by atoms with van der Waals surface area (Å²) in [4.78, 5) is 0. The Morgan fingerprint density at radius 2 is 1.20 bits per heavy atom. The van der Waals surface area contributed by atoms with Crippen molar-refractivity contribution in [2.24, 2.45) is 0 Å². The molecule has 0 heterocycles.